The summed E-state index contributed by atoms with van der Waals surface area (Å²) in [6, 6.07) is 7.73. The average Bonchev–Trinajstić information content (AvgIpc) is 2.16. The molecule has 0 saturated carbocycles. The van der Waals surface area contributed by atoms with E-state index in [1.165, 1.54) is 0 Å². The van der Waals surface area contributed by atoms with Crippen LogP contribution in [0.2, 0.25) is 0 Å². The van der Waals surface area contributed by atoms with Crippen LogP contribution in [0.4, 0.5) is 11.4 Å². The van der Waals surface area contributed by atoms with Crippen LogP contribution in [0.1, 0.15) is 6.92 Å². The molecule has 3 heteroatoms. The first-order valence-corrected chi connectivity index (χ1v) is 4.35. The minimum absolute atomic E-state index is 0.0877. The number of hydrogen-bond acceptors (Lipinski definition) is 3. The van der Waals surface area contributed by atoms with Crippen molar-refractivity contribution in [3.8, 4) is 0 Å². The summed E-state index contributed by atoms with van der Waals surface area (Å²) in [5.41, 5.74) is 7.49. The molecule has 0 saturated heterocycles. The summed E-state index contributed by atoms with van der Waals surface area (Å²) in [6.07, 6.45) is 0. The van der Waals surface area contributed by atoms with Crippen LogP contribution in [0.3, 0.4) is 0 Å². The summed E-state index contributed by atoms with van der Waals surface area (Å²) in [6.45, 7) is 2.08. The molecule has 1 unspecified atom stereocenters. The van der Waals surface area contributed by atoms with Gasteiger partial charge in [0.05, 0.1) is 18.0 Å². The van der Waals surface area contributed by atoms with Crippen molar-refractivity contribution in [2.75, 3.05) is 24.3 Å². The highest BCUT2D eigenvalue weighted by atomic mass is 16.3. The number of nitrogen functional groups attached to an aromatic ring is 1. The van der Waals surface area contributed by atoms with Gasteiger partial charge in [-0.1, -0.05) is 12.1 Å². The third kappa shape index (κ3) is 2.12. The first kappa shape index (κ1) is 9.86. The Balaban J connectivity index is 2.88. The molecule has 1 rings (SSSR count). The Morgan fingerprint density at radius 3 is 2.62 bits per heavy atom. The van der Waals surface area contributed by atoms with E-state index in [4.69, 9.17) is 10.8 Å². The Labute approximate surface area is 78.8 Å². The Morgan fingerprint density at radius 2 is 2.08 bits per heavy atom. The van der Waals surface area contributed by atoms with Gasteiger partial charge in [0.25, 0.3) is 0 Å². The van der Waals surface area contributed by atoms with Crippen molar-refractivity contribution in [1.82, 2.24) is 0 Å². The maximum Gasteiger partial charge on any atom is 0.0632 e. The number of benzene rings is 1. The van der Waals surface area contributed by atoms with Crippen molar-refractivity contribution >= 4 is 11.4 Å². The number of aliphatic hydroxyl groups excluding tert-OH is 1. The predicted molar refractivity (Wildman–Crippen MR) is 55.8 cm³/mol. The average molecular weight is 180 g/mol. The molecule has 13 heavy (non-hydrogen) atoms. The predicted octanol–water partition coefficient (Wildman–Crippen LogP) is 1.09. The molecule has 1 aromatic rings. The lowest BCUT2D eigenvalue weighted by molar-refractivity contribution is 0.270. The largest absolute Gasteiger partial charge is 0.397 e. The third-order valence-corrected chi connectivity index (χ3v) is 2.24. The molecule has 1 aromatic carbocycles. The molecule has 0 bridgehead atoms. The van der Waals surface area contributed by atoms with Gasteiger partial charge in [0, 0.05) is 13.1 Å². The van der Waals surface area contributed by atoms with E-state index in [1.807, 2.05) is 43.1 Å². The fourth-order valence-corrected chi connectivity index (χ4v) is 1.17. The molecule has 0 aliphatic heterocycles. The van der Waals surface area contributed by atoms with Crippen LogP contribution < -0.4 is 10.6 Å². The quantitative estimate of drug-likeness (QED) is 0.684. The molecular weight excluding hydrogens is 164 g/mol. The van der Waals surface area contributed by atoms with Crippen molar-refractivity contribution in [2.45, 2.75) is 13.0 Å². The second kappa shape index (κ2) is 4.14. The van der Waals surface area contributed by atoms with E-state index >= 15 is 0 Å². The van der Waals surface area contributed by atoms with Gasteiger partial charge in [0.2, 0.25) is 0 Å². The van der Waals surface area contributed by atoms with Crippen molar-refractivity contribution in [1.29, 1.82) is 0 Å². The van der Waals surface area contributed by atoms with Gasteiger partial charge in [0.15, 0.2) is 0 Å². The molecular formula is C10H16N2O. The highest BCUT2D eigenvalue weighted by Crippen LogP contribution is 2.22. The van der Waals surface area contributed by atoms with Crippen molar-refractivity contribution in [3.63, 3.8) is 0 Å². The summed E-state index contributed by atoms with van der Waals surface area (Å²) < 4.78 is 0. The zero-order chi connectivity index (χ0) is 9.84. The Morgan fingerprint density at radius 1 is 1.46 bits per heavy atom. The number of likely N-dealkylation sites (N-methyl/N-ethyl adjacent to an activating group) is 1. The number of rotatable bonds is 3. The van der Waals surface area contributed by atoms with Crippen LogP contribution in [-0.4, -0.2) is 24.8 Å². The van der Waals surface area contributed by atoms with Gasteiger partial charge in [-0.2, -0.15) is 0 Å². The van der Waals surface area contributed by atoms with Gasteiger partial charge in [-0.15, -0.1) is 0 Å². The highest BCUT2D eigenvalue weighted by molar-refractivity contribution is 5.67. The normalized spacial score (nSPS) is 12.5. The fraction of sp³-hybridized carbons (Fsp3) is 0.400. The lowest BCUT2D eigenvalue weighted by Gasteiger charge is -2.26. The zero-order valence-corrected chi connectivity index (χ0v) is 8.07. The molecule has 0 fully saturated rings. The van der Waals surface area contributed by atoms with E-state index in [0.29, 0.717) is 0 Å². The summed E-state index contributed by atoms with van der Waals surface area (Å²) in [7, 11) is 1.92. The van der Waals surface area contributed by atoms with E-state index in [0.717, 1.165) is 11.4 Å². The topological polar surface area (TPSA) is 49.5 Å². The SMILES string of the molecule is CC(CO)N(C)c1ccccc1N. The molecule has 0 aliphatic carbocycles. The Bertz CT molecular complexity index is 275. The third-order valence-electron chi connectivity index (χ3n) is 2.24. The van der Waals surface area contributed by atoms with Crippen LogP contribution >= 0.6 is 0 Å². The first-order valence-electron chi connectivity index (χ1n) is 4.35. The van der Waals surface area contributed by atoms with E-state index in [1.54, 1.807) is 0 Å². The van der Waals surface area contributed by atoms with E-state index in [-0.39, 0.29) is 12.6 Å². The number of aliphatic hydroxyl groups is 1. The van der Waals surface area contributed by atoms with Crippen molar-refractivity contribution in [2.24, 2.45) is 0 Å². The molecule has 0 spiro atoms. The minimum Gasteiger partial charge on any atom is -0.397 e. The second-order valence-electron chi connectivity index (χ2n) is 3.20. The molecule has 1 atom stereocenters. The summed E-state index contributed by atoms with van der Waals surface area (Å²) in [4.78, 5) is 1.97. The molecule has 3 N–H and O–H groups in total. The summed E-state index contributed by atoms with van der Waals surface area (Å²) in [5, 5.41) is 8.97. The standard InChI is InChI=1S/C10H16N2O/c1-8(7-13)12(2)10-6-4-3-5-9(10)11/h3-6,8,13H,7,11H2,1-2H3. The van der Waals surface area contributed by atoms with Crippen molar-refractivity contribution in [3.05, 3.63) is 24.3 Å². The number of nitrogens with two attached hydrogens (primary N) is 1. The molecule has 0 radical (unpaired) electrons. The maximum absolute atomic E-state index is 8.97. The van der Waals surface area contributed by atoms with Crippen LogP contribution in [0.15, 0.2) is 24.3 Å². The summed E-state index contributed by atoms with van der Waals surface area (Å²) >= 11 is 0. The molecule has 72 valence electrons. The molecule has 0 heterocycles. The van der Waals surface area contributed by atoms with Gasteiger partial charge in [-0.05, 0) is 19.1 Å². The molecule has 0 aliphatic rings. The van der Waals surface area contributed by atoms with Gasteiger partial charge < -0.3 is 15.7 Å². The van der Waals surface area contributed by atoms with Gasteiger partial charge in [-0.3, -0.25) is 0 Å². The Kier molecular flexibility index (Phi) is 3.14. The monoisotopic (exact) mass is 180 g/mol. The van der Waals surface area contributed by atoms with Crippen LogP contribution in [0.5, 0.6) is 0 Å². The summed E-state index contributed by atoms with van der Waals surface area (Å²) in [5.74, 6) is 0. The number of para-hydroxylation sites is 2. The highest BCUT2D eigenvalue weighted by Gasteiger charge is 2.10. The number of nitrogens with zero attached hydrogens (tertiary/aromatic N) is 1. The molecule has 0 aromatic heterocycles. The van der Waals surface area contributed by atoms with Crippen molar-refractivity contribution < 1.29 is 5.11 Å². The van der Waals surface area contributed by atoms with Crippen LogP contribution in [0, 0.1) is 0 Å². The minimum atomic E-state index is 0.0877. The van der Waals surface area contributed by atoms with Gasteiger partial charge in [-0.25, -0.2) is 0 Å². The van der Waals surface area contributed by atoms with Gasteiger partial charge >= 0.3 is 0 Å². The number of hydrogen-bond donors (Lipinski definition) is 2. The van der Waals surface area contributed by atoms with Gasteiger partial charge in [0.1, 0.15) is 0 Å². The first-order chi connectivity index (χ1) is 6.16. The van der Waals surface area contributed by atoms with E-state index < -0.39 is 0 Å². The van der Waals surface area contributed by atoms with E-state index in [2.05, 4.69) is 0 Å². The lowest BCUT2D eigenvalue weighted by Crippen LogP contribution is -2.32. The van der Waals surface area contributed by atoms with Crippen LogP contribution in [0.25, 0.3) is 0 Å². The van der Waals surface area contributed by atoms with Crippen LogP contribution in [-0.2, 0) is 0 Å². The molecule has 3 nitrogen and oxygen atoms in total. The lowest BCUT2D eigenvalue weighted by atomic mass is 10.2. The smallest absolute Gasteiger partial charge is 0.0632 e. The Hall–Kier alpha value is -1.22. The maximum atomic E-state index is 8.97. The van der Waals surface area contributed by atoms with E-state index in [9.17, 15) is 0 Å². The fourth-order valence-electron chi connectivity index (χ4n) is 1.17. The second-order valence-corrected chi connectivity index (χ2v) is 3.20. The zero-order valence-electron chi connectivity index (χ0n) is 8.07. The molecule has 0 amide bonds. The number of anilines is 2.